The summed E-state index contributed by atoms with van der Waals surface area (Å²) in [4.78, 5) is 22.9. The zero-order valence-electron chi connectivity index (χ0n) is 10.8. The van der Waals surface area contributed by atoms with E-state index in [1.807, 2.05) is 0 Å². The average Bonchev–Trinajstić information content (AvgIpc) is 2.16. The van der Waals surface area contributed by atoms with Gasteiger partial charge in [0.1, 0.15) is 0 Å². The molecule has 106 valence electrons. The van der Waals surface area contributed by atoms with Gasteiger partial charge in [-0.1, -0.05) is 6.92 Å². The number of alkyl halides is 3. The van der Waals surface area contributed by atoms with Gasteiger partial charge >= 0.3 is 18.1 Å². The van der Waals surface area contributed by atoms with Crippen molar-refractivity contribution < 1.29 is 32.2 Å². The highest BCUT2D eigenvalue weighted by atomic mass is 19.4. The largest absolute Gasteiger partial charge is 0.465 e. The molecule has 1 unspecified atom stereocenters. The Morgan fingerprint density at radius 2 is 1.61 bits per heavy atom. The summed E-state index contributed by atoms with van der Waals surface area (Å²) in [5, 5.41) is 0. The van der Waals surface area contributed by atoms with Gasteiger partial charge in [0, 0.05) is 0 Å². The number of ether oxygens (including phenoxy) is 2. The molecule has 0 heterocycles. The average molecular weight is 270 g/mol. The number of rotatable bonds is 5. The molecule has 0 rings (SSSR count). The van der Waals surface area contributed by atoms with Crippen LogP contribution in [0.3, 0.4) is 0 Å². The SMILES string of the molecule is CCOC(=O)C(CC)C(=O)OC(C)(C)C(F)(F)F. The Morgan fingerprint density at radius 1 is 1.11 bits per heavy atom. The fourth-order valence-corrected chi connectivity index (χ4v) is 1.05. The fourth-order valence-electron chi connectivity index (χ4n) is 1.05. The van der Waals surface area contributed by atoms with Crippen LogP contribution < -0.4 is 0 Å². The Morgan fingerprint density at radius 3 is 1.94 bits per heavy atom. The summed E-state index contributed by atoms with van der Waals surface area (Å²) in [7, 11) is 0. The van der Waals surface area contributed by atoms with Crippen LogP contribution in [0.25, 0.3) is 0 Å². The van der Waals surface area contributed by atoms with Crippen molar-refractivity contribution >= 4 is 11.9 Å². The summed E-state index contributed by atoms with van der Waals surface area (Å²) < 4.78 is 46.5. The van der Waals surface area contributed by atoms with Crippen molar-refractivity contribution in [2.45, 2.75) is 45.9 Å². The highest BCUT2D eigenvalue weighted by Gasteiger charge is 2.51. The summed E-state index contributed by atoms with van der Waals surface area (Å²) >= 11 is 0. The second kappa shape index (κ2) is 6.06. The van der Waals surface area contributed by atoms with Gasteiger partial charge in [0.15, 0.2) is 5.92 Å². The van der Waals surface area contributed by atoms with Gasteiger partial charge in [-0.3, -0.25) is 9.59 Å². The molecule has 1 atom stereocenters. The first kappa shape index (κ1) is 16.7. The third-order valence-corrected chi connectivity index (χ3v) is 2.30. The molecule has 0 N–H and O–H groups in total. The molecule has 0 aliphatic rings. The van der Waals surface area contributed by atoms with Crippen molar-refractivity contribution in [3.63, 3.8) is 0 Å². The van der Waals surface area contributed by atoms with Gasteiger partial charge in [0.05, 0.1) is 6.61 Å². The van der Waals surface area contributed by atoms with Crippen LogP contribution in [0.5, 0.6) is 0 Å². The summed E-state index contributed by atoms with van der Waals surface area (Å²) in [6.07, 6.45) is -4.68. The van der Waals surface area contributed by atoms with Crippen molar-refractivity contribution in [1.82, 2.24) is 0 Å². The Balaban J connectivity index is 4.79. The quantitative estimate of drug-likeness (QED) is 0.569. The number of carbonyl (C=O) groups is 2. The molecule has 0 saturated carbocycles. The van der Waals surface area contributed by atoms with Crippen molar-refractivity contribution in [2.75, 3.05) is 6.61 Å². The molecule has 4 nitrogen and oxygen atoms in total. The van der Waals surface area contributed by atoms with Crippen molar-refractivity contribution in [2.24, 2.45) is 5.92 Å². The Kier molecular flexibility index (Phi) is 5.63. The molecule has 0 aliphatic heterocycles. The third kappa shape index (κ3) is 4.19. The standard InChI is InChI=1S/C11H17F3O4/c1-5-7(8(15)17-6-2)9(16)18-10(3,4)11(12,13)14/h7H,5-6H2,1-4H3. The van der Waals surface area contributed by atoms with Crippen molar-refractivity contribution in [3.05, 3.63) is 0 Å². The molecule has 0 amide bonds. The maximum atomic E-state index is 12.5. The second-order valence-electron chi connectivity index (χ2n) is 4.14. The van der Waals surface area contributed by atoms with E-state index in [1.54, 1.807) is 0 Å². The van der Waals surface area contributed by atoms with E-state index in [0.29, 0.717) is 0 Å². The summed E-state index contributed by atoms with van der Waals surface area (Å²) in [5.74, 6) is -3.42. The van der Waals surface area contributed by atoms with E-state index < -0.39 is 29.6 Å². The zero-order valence-corrected chi connectivity index (χ0v) is 10.8. The highest BCUT2D eigenvalue weighted by Crippen LogP contribution is 2.33. The fraction of sp³-hybridized carbons (Fsp3) is 0.818. The summed E-state index contributed by atoms with van der Waals surface area (Å²) in [6, 6.07) is 0. The van der Waals surface area contributed by atoms with Crippen LogP contribution in [0.4, 0.5) is 13.2 Å². The number of carbonyl (C=O) groups excluding carboxylic acids is 2. The van der Waals surface area contributed by atoms with E-state index in [9.17, 15) is 22.8 Å². The zero-order chi connectivity index (χ0) is 14.6. The van der Waals surface area contributed by atoms with E-state index in [2.05, 4.69) is 9.47 Å². The molecule has 18 heavy (non-hydrogen) atoms. The van der Waals surface area contributed by atoms with Crippen LogP contribution in [-0.2, 0) is 19.1 Å². The van der Waals surface area contributed by atoms with Gasteiger partial charge < -0.3 is 9.47 Å². The molecule has 0 spiro atoms. The van der Waals surface area contributed by atoms with Crippen LogP contribution in [0.2, 0.25) is 0 Å². The topological polar surface area (TPSA) is 52.6 Å². The number of esters is 2. The predicted octanol–water partition coefficient (Wildman–Crippen LogP) is 2.46. The number of halogens is 3. The van der Waals surface area contributed by atoms with Crippen LogP contribution >= 0.6 is 0 Å². The van der Waals surface area contributed by atoms with Gasteiger partial charge in [-0.2, -0.15) is 13.2 Å². The molecule has 0 aromatic heterocycles. The molecule has 7 heteroatoms. The molecule has 0 radical (unpaired) electrons. The predicted molar refractivity (Wildman–Crippen MR) is 56.6 cm³/mol. The Hall–Kier alpha value is -1.27. The van der Waals surface area contributed by atoms with Gasteiger partial charge in [-0.25, -0.2) is 0 Å². The van der Waals surface area contributed by atoms with E-state index in [1.165, 1.54) is 13.8 Å². The van der Waals surface area contributed by atoms with Crippen molar-refractivity contribution in [3.8, 4) is 0 Å². The lowest BCUT2D eigenvalue weighted by molar-refractivity contribution is -0.259. The molecule has 0 bridgehead atoms. The number of hydrogen-bond acceptors (Lipinski definition) is 4. The normalized spacial score (nSPS) is 13.9. The molecule has 0 aromatic carbocycles. The highest BCUT2D eigenvalue weighted by molar-refractivity contribution is 5.95. The van der Waals surface area contributed by atoms with Gasteiger partial charge in [-0.05, 0) is 27.2 Å². The summed E-state index contributed by atoms with van der Waals surface area (Å²) in [6.45, 7) is 4.52. The molecular formula is C11H17F3O4. The molecule has 0 fully saturated rings. The monoisotopic (exact) mass is 270 g/mol. The van der Waals surface area contributed by atoms with Gasteiger partial charge in [-0.15, -0.1) is 0 Å². The van der Waals surface area contributed by atoms with Crippen LogP contribution in [-0.4, -0.2) is 30.3 Å². The van der Waals surface area contributed by atoms with E-state index >= 15 is 0 Å². The molecule has 0 saturated heterocycles. The summed E-state index contributed by atoms with van der Waals surface area (Å²) in [5.41, 5.74) is -2.63. The van der Waals surface area contributed by atoms with E-state index in [-0.39, 0.29) is 13.0 Å². The van der Waals surface area contributed by atoms with Crippen molar-refractivity contribution in [1.29, 1.82) is 0 Å². The smallest absolute Gasteiger partial charge is 0.427 e. The molecular weight excluding hydrogens is 253 g/mol. The first-order chi connectivity index (χ1) is 8.06. The maximum absolute atomic E-state index is 12.5. The number of hydrogen-bond donors (Lipinski definition) is 0. The third-order valence-electron chi connectivity index (χ3n) is 2.30. The molecule has 0 aliphatic carbocycles. The van der Waals surface area contributed by atoms with Crippen LogP contribution in [0, 0.1) is 5.92 Å². The van der Waals surface area contributed by atoms with E-state index in [4.69, 9.17) is 0 Å². The minimum Gasteiger partial charge on any atom is -0.465 e. The lowest BCUT2D eigenvalue weighted by Crippen LogP contribution is -2.45. The lowest BCUT2D eigenvalue weighted by Gasteiger charge is -2.28. The van der Waals surface area contributed by atoms with E-state index in [0.717, 1.165) is 13.8 Å². The Labute approximate surface area is 103 Å². The lowest BCUT2D eigenvalue weighted by atomic mass is 10.1. The Bertz CT molecular complexity index is 310. The maximum Gasteiger partial charge on any atom is 0.427 e. The van der Waals surface area contributed by atoms with Gasteiger partial charge in [0.25, 0.3) is 0 Å². The minimum absolute atomic E-state index is 0.0194. The first-order valence-corrected chi connectivity index (χ1v) is 5.53. The van der Waals surface area contributed by atoms with Crippen LogP contribution in [0.15, 0.2) is 0 Å². The minimum atomic E-state index is -4.70. The second-order valence-corrected chi connectivity index (χ2v) is 4.14. The van der Waals surface area contributed by atoms with Gasteiger partial charge in [0.2, 0.25) is 5.60 Å². The first-order valence-electron chi connectivity index (χ1n) is 5.53. The van der Waals surface area contributed by atoms with Crippen LogP contribution in [0.1, 0.15) is 34.1 Å². The molecule has 0 aromatic rings.